The van der Waals surface area contributed by atoms with Crippen LogP contribution in [0.3, 0.4) is 0 Å². The summed E-state index contributed by atoms with van der Waals surface area (Å²) in [6.45, 7) is 2.95. The zero-order chi connectivity index (χ0) is 15.2. The molecule has 4 heteroatoms. The van der Waals surface area contributed by atoms with Crippen molar-refractivity contribution in [1.82, 2.24) is 5.32 Å². The Bertz CT molecular complexity index is 586. The van der Waals surface area contributed by atoms with Gasteiger partial charge in [0.15, 0.2) is 0 Å². The zero-order valence-electron chi connectivity index (χ0n) is 11.9. The standard InChI is InChI=1S/C17H18BrClFN/c1-2-9-21-17(10-12-3-6-14(19)7-4-12)15-11-13(18)5-8-16(15)20/h3-8,11,17,21H,2,9-10H2,1H3. The third-order valence-corrected chi connectivity index (χ3v) is 4.07. The van der Waals surface area contributed by atoms with Crippen molar-refractivity contribution < 1.29 is 4.39 Å². The first-order valence-electron chi connectivity index (χ1n) is 7.03. The smallest absolute Gasteiger partial charge is 0.128 e. The van der Waals surface area contributed by atoms with Crippen molar-refractivity contribution in [3.8, 4) is 0 Å². The van der Waals surface area contributed by atoms with Gasteiger partial charge in [0.05, 0.1) is 0 Å². The van der Waals surface area contributed by atoms with Crippen LogP contribution < -0.4 is 5.32 Å². The van der Waals surface area contributed by atoms with E-state index in [2.05, 4.69) is 28.2 Å². The summed E-state index contributed by atoms with van der Waals surface area (Å²) in [7, 11) is 0. The second-order valence-electron chi connectivity index (χ2n) is 5.00. The molecule has 0 amide bonds. The summed E-state index contributed by atoms with van der Waals surface area (Å²) in [4.78, 5) is 0. The Hall–Kier alpha value is -0.900. The van der Waals surface area contributed by atoms with Gasteiger partial charge >= 0.3 is 0 Å². The average Bonchev–Trinajstić information content (AvgIpc) is 2.48. The van der Waals surface area contributed by atoms with Gasteiger partial charge in [0.2, 0.25) is 0 Å². The molecule has 0 heterocycles. The van der Waals surface area contributed by atoms with Crippen molar-refractivity contribution >= 4 is 27.5 Å². The quantitative estimate of drug-likeness (QED) is 0.705. The molecule has 0 fully saturated rings. The molecule has 0 bridgehead atoms. The lowest BCUT2D eigenvalue weighted by atomic mass is 9.98. The molecule has 0 aromatic heterocycles. The first-order chi connectivity index (χ1) is 10.1. The lowest BCUT2D eigenvalue weighted by Gasteiger charge is -2.20. The molecular formula is C17H18BrClFN. The topological polar surface area (TPSA) is 12.0 Å². The van der Waals surface area contributed by atoms with E-state index in [1.807, 2.05) is 30.3 Å². The molecule has 2 aromatic carbocycles. The predicted octanol–water partition coefficient (Wildman–Crippen LogP) is 5.53. The van der Waals surface area contributed by atoms with E-state index in [0.29, 0.717) is 10.6 Å². The third kappa shape index (κ3) is 4.80. The van der Waals surface area contributed by atoms with Gasteiger partial charge in [-0.05, 0) is 55.3 Å². The molecule has 1 atom stereocenters. The van der Waals surface area contributed by atoms with E-state index >= 15 is 0 Å². The van der Waals surface area contributed by atoms with Crippen molar-refractivity contribution in [2.24, 2.45) is 0 Å². The largest absolute Gasteiger partial charge is 0.310 e. The number of halogens is 3. The SMILES string of the molecule is CCCNC(Cc1ccc(Cl)cc1)c1cc(Br)ccc1F. The molecular weight excluding hydrogens is 353 g/mol. The Morgan fingerprint density at radius 1 is 1.19 bits per heavy atom. The van der Waals surface area contributed by atoms with Crippen LogP contribution in [0.5, 0.6) is 0 Å². The van der Waals surface area contributed by atoms with Crippen LogP contribution in [0.1, 0.15) is 30.5 Å². The number of nitrogens with one attached hydrogen (secondary N) is 1. The van der Waals surface area contributed by atoms with E-state index in [-0.39, 0.29) is 11.9 Å². The lowest BCUT2D eigenvalue weighted by molar-refractivity contribution is 0.497. The highest BCUT2D eigenvalue weighted by Crippen LogP contribution is 2.25. The van der Waals surface area contributed by atoms with E-state index in [1.54, 1.807) is 6.07 Å². The van der Waals surface area contributed by atoms with Crippen LogP contribution in [0, 0.1) is 5.82 Å². The average molecular weight is 371 g/mol. The van der Waals surface area contributed by atoms with E-state index in [9.17, 15) is 4.39 Å². The van der Waals surface area contributed by atoms with Gasteiger partial charge in [-0.1, -0.05) is 46.6 Å². The highest BCUT2D eigenvalue weighted by molar-refractivity contribution is 9.10. The zero-order valence-corrected chi connectivity index (χ0v) is 14.2. The number of benzene rings is 2. The molecule has 0 saturated carbocycles. The monoisotopic (exact) mass is 369 g/mol. The molecule has 21 heavy (non-hydrogen) atoms. The van der Waals surface area contributed by atoms with Gasteiger partial charge in [-0.3, -0.25) is 0 Å². The van der Waals surface area contributed by atoms with Crippen molar-refractivity contribution in [1.29, 1.82) is 0 Å². The fraction of sp³-hybridized carbons (Fsp3) is 0.294. The Kier molecular flexibility index (Phi) is 6.22. The molecule has 2 rings (SSSR count). The summed E-state index contributed by atoms with van der Waals surface area (Å²) in [5.41, 5.74) is 1.82. The van der Waals surface area contributed by atoms with Crippen LogP contribution in [0.4, 0.5) is 4.39 Å². The molecule has 0 aliphatic carbocycles. The Balaban J connectivity index is 2.25. The van der Waals surface area contributed by atoms with Gasteiger partial charge in [-0.15, -0.1) is 0 Å². The van der Waals surface area contributed by atoms with Gasteiger partial charge in [0.1, 0.15) is 5.82 Å². The minimum absolute atomic E-state index is 0.0522. The first kappa shape index (κ1) is 16.5. The van der Waals surface area contributed by atoms with E-state index < -0.39 is 0 Å². The number of hydrogen-bond donors (Lipinski definition) is 1. The maximum absolute atomic E-state index is 14.1. The van der Waals surface area contributed by atoms with Crippen LogP contribution in [-0.4, -0.2) is 6.54 Å². The highest BCUT2D eigenvalue weighted by atomic mass is 79.9. The summed E-state index contributed by atoms with van der Waals surface area (Å²) in [6, 6.07) is 12.7. The fourth-order valence-corrected chi connectivity index (χ4v) is 2.75. The van der Waals surface area contributed by atoms with Crippen LogP contribution in [0.15, 0.2) is 46.9 Å². The van der Waals surface area contributed by atoms with Crippen LogP contribution in [0.25, 0.3) is 0 Å². The third-order valence-electron chi connectivity index (χ3n) is 3.33. The van der Waals surface area contributed by atoms with Crippen LogP contribution in [0.2, 0.25) is 5.02 Å². The van der Waals surface area contributed by atoms with Gasteiger partial charge in [-0.2, -0.15) is 0 Å². The molecule has 2 aromatic rings. The lowest BCUT2D eigenvalue weighted by Crippen LogP contribution is -2.25. The highest BCUT2D eigenvalue weighted by Gasteiger charge is 2.16. The second-order valence-corrected chi connectivity index (χ2v) is 6.36. The minimum Gasteiger partial charge on any atom is -0.310 e. The van der Waals surface area contributed by atoms with Crippen LogP contribution >= 0.6 is 27.5 Å². The first-order valence-corrected chi connectivity index (χ1v) is 8.20. The second kappa shape index (κ2) is 7.92. The molecule has 0 saturated heterocycles. The minimum atomic E-state index is -0.180. The van der Waals surface area contributed by atoms with Crippen molar-refractivity contribution in [3.05, 3.63) is 68.9 Å². The summed E-state index contributed by atoms with van der Waals surface area (Å²) in [6.07, 6.45) is 1.73. The molecule has 1 unspecified atom stereocenters. The number of hydrogen-bond acceptors (Lipinski definition) is 1. The van der Waals surface area contributed by atoms with E-state index in [0.717, 1.165) is 29.4 Å². The van der Waals surface area contributed by atoms with Crippen LogP contribution in [-0.2, 0) is 6.42 Å². The predicted molar refractivity (Wildman–Crippen MR) is 90.3 cm³/mol. The number of rotatable bonds is 6. The molecule has 1 N–H and O–H groups in total. The summed E-state index contributed by atoms with van der Waals surface area (Å²) in [5, 5.41) is 4.14. The summed E-state index contributed by atoms with van der Waals surface area (Å²) < 4.78 is 15.0. The maximum atomic E-state index is 14.1. The molecule has 0 spiro atoms. The Morgan fingerprint density at radius 3 is 2.57 bits per heavy atom. The van der Waals surface area contributed by atoms with Gasteiger partial charge in [0.25, 0.3) is 0 Å². The normalized spacial score (nSPS) is 12.4. The summed E-state index contributed by atoms with van der Waals surface area (Å²) >= 11 is 9.33. The van der Waals surface area contributed by atoms with Gasteiger partial charge < -0.3 is 5.32 Å². The fourth-order valence-electron chi connectivity index (χ4n) is 2.25. The molecule has 1 nitrogen and oxygen atoms in total. The van der Waals surface area contributed by atoms with E-state index in [1.165, 1.54) is 6.07 Å². The maximum Gasteiger partial charge on any atom is 0.128 e. The molecule has 0 aliphatic rings. The molecule has 0 aliphatic heterocycles. The van der Waals surface area contributed by atoms with E-state index in [4.69, 9.17) is 11.6 Å². The van der Waals surface area contributed by atoms with Crippen molar-refractivity contribution in [3.63, 3.8) is 0 Å². The van der Waals surface area contributed by atoms with Crippen molar-refractivity contribution in [2.75, 3.05) is 6.54 Å². The summed E-state index contributed by atoms with van der Waals surface area (Å²) in [5.74, 6) is -0.180. The van der Waals surface area contributed by atoms with Crippen molar-refractivity contribution in [2.45, 2.75) is 25.8 Å². The van der Waals surface area contributed by atoms with Gasteiger partial charge in [0, 0.05) is 21.1 Å². The Morgan fingerprint density at radius 2 is 1.90 bits per heavy atom. The van der Waals surface area contributed by atoms with Gasteiger partial charge in [-0.25, -0.2) is 4.39 Å². The Labute approximate surface area is 138 Å². The molecule has 112 valence electrons. The molecule has 0 radical (unpaired) electrons.